The van der Waals surface area contributed by atoms with Crippen LogP contribution in [0, 0.1) is 13.8 Å². The van der Waals surface area contributed by atoms with Gasteiger partial charge in [-0.25, -0.2) is 0 Å². The van der Waals surface area contributed by atoms with Crippen molar-refractivity contribution in [1.29, 1.82) is 0 Å². The Bertz CT molecular complexity index is 871. The molecule has 4 nitrogen and oxygen atoms in total. The molecule has 1 atom stereocenters. The molecular weight excluding hydrogens is 310 g/mol. The summed E-state index contributed by atoms with van der Waals surface area (Å²) >= 11 is 0. The fourth-order valence-corrected chi connectivity index (χ4v) is 3.54. The van der Waals surface area contributed by atoms with Gasteiger partial charge < -0.3 is 4.52 Å². The largest absolute Gasteiger partial charge is 0.339 e. The third-order valence-electron chi connectivity index (χ3n) is 5.10. The molecule has 2 heterocycles. The highest BCUT2D eigenvalue weighted by Gasteiger charge is 2.28. The van der Waals surface area contributed by atoms with Gasteiger partial charge in [-0.3, -0.25) is 4.90 Å². The summed E-state index contributed by atoms with van der Waals surface area (Å²) in [5, 5.41) is 4.21. The van der Waals surface area contributed by atoms with Crippen LogP contribution in [0.1, 0.15) is 34.9 Å². The van der Waals surface area contributed by atoms with E-state index in [4.69, 9.17) is 4.52 Å². The van der Waals surface area contributed by atoms with Crippen molar-refractivity contribution in [2.24, 2.45) is 0 Å². The Morgan fingerprint density at radius 3 is 2.60 bits per heavy atom. The van der Waals surface area contributed by atoms with Gasteiger partial charge in [0.2, 0.25) is 11.7 Å². The molecular formula is C21H23N3O. The van der Waals surface area contributed by atoms with Crippen molar-refractivity contribution in [3.63, 3.8) is 0 Å². The van der Waals surface area contributed by atoms with Gasteiger partial charge >= 0.3 is 0 Å². The molecule has 0 aliphatic carbocycles. The first-order chi connectivity index (χ1) is 12.2. The number of likely N-dealkylation sites (tertiary alicyclic amines) is 1. The molecule has 1 aliphatic heterocycles. The molecule has 1 saturated heterocycles. The Kier molecular flexibility index (Phi) is 4.36. The zero-order valence-electron chi connectivity index (χ0n) is 14.8. The van der Waals surface area contributed by atoms with Gasteiger partial charge in [0.05, 0.1) is 5.92 Å². The van der Waals surface area contributed by atoms with Gasteiger partial charge in [0, 0.05) is 18.7 Å². The molecule has 1 fully saturated rings. The standard InChI is InChI=1S/C21H23N3O/c1-15-7-3-5-9-17(15)13-24-12-11-18(14-24)21-22-20(23-25-21)19-10-6-4-8-16(19)2/h3-10,18H,11-14H2,1-2H3. The fourth-order valence-electron chi connectivity index (χ4n) is 3.54. The lowest BCUT2D eigenvalue weighted by Gasteiger charge is -2.16. The van der Waals surface area contributed by atoms with E-state index in [0.29, 0.717) is 11.7 Å². The van der Waals surface area contributed by atoms with Gasteiger partial charge in [0.25, 0.3) is 0 Å². The number of aromatic nitrogens is 2. The van der Waals surface area contributed by atoms with Crippen LogP contribution in [0.5, 0.6) is 0 Å². The minimum atomic E-state index is 0.328. The van der Waals surface area contributed by atoms with E-state index in [0.717, 1.165) is 37.5 Å². The summed E-state index contributed by atoms with van der Waals surface area (Å²) in [5.41, 5.74) is 4.97. The molecule has 2 aromatic carbocycles. The zero-order chi connectivity index (χ0) is 17.2. The van der Waals surface area contributed by atoms with Crippen LogP contribution in [0.15, 0.2) is 53.1 Å². The van der Waals surface area contributed by atoms with Crippen LogP contribution in [0.3, 0.4) is 0 Å². The SMILES string of the molecule is Cc1ccccc1CN1CCC(c2nc(-c3ccccc3C)no2)C1. The summed E-state index contributed by atoms with van der Waals surface area (Å²) in [6.07, 6.45) is 1.07. The van der Waals surface area contributed by atoms with Crippen LogP contribution in [-0.2, 0) is 6.54 Å². The maximum atomic E-state index is 5.59. The first-order valence-corrected chi connectivity index (χ1v) is 8.87. The predicted molar refractivity (Wildman–Crippen MR) is 98.3 cm³/mol. The number of hydrogen-bond donors (Lipinski definition) is 0. The van der Waals surface area contributed by atoms with Crippen LogP contribution in [0.25, 0.3) is 11.4 Å². The second kappa shape index (κ2) is 6.81. The average Bonchev–Trinajstić information content (AvgIpc) is 3.27. The van der Waals surface area contributed by atoms with E-state index in [1.807, 2.05) is 18.2 Å². The van der Waals surface area contributed by atoms with E-state index in [2.05, 4.69) is 59.2 Å². The molecule has 3 aromatic rings. The van der Waals surface area contributed by atoms with Gasteiger partial charge in [-0.15, -0.1) is 0 Å². The second-order valence-corrected chi connectivity index (χ2v) is 6.92. The Morgan fingerprint density at radius 1 is 1.04 bits per heavy atom. The lowest BCUT2D eigenvalue weighted by Crippen LogP contribution is -2.20. The quantitative estimate of drug-likeness (QED) is 0.712. The number of hydrogen-bond acceptors (Lipinski definition) is 4. The molecule has 4 rings (SSSR count). The van der Waals surface area contributed by atoms with Crippen LogP contribution in [0.2, 0.25) is 0 Å². The van der Waals surface area contributed by atoms with Crippen molar-refractivity contribution in [3.05, 3.63) is 71.1 Å². The summed E-state index contributed by atoms with van der Waals surface area (Å²) in [6.45, 7) is 7.28. The molecule has 0 saturated carbocycles. The van der Waals surface area contributed by atoms with Crippen LogP contribution < -0.4 is 0 Å². The smallest absolute Gasteiger partial charge is 0.231 e. The minimum Gasteiger partial charge on any atom is -0.339 e. The van der Waals surface area contributed by atoms with E-state index in [1.54, 1.807) is 0 Å². The summed E-state index contributed by atoms with van der Waals surface area (Å²) in [6, 6.07) is 16.8. The normalized spacial score (nSPS) is 17.9. The Labute approximate surface area is 148 Å². The van der Waals surface area contributed by atoms with Crippen LogP contribution in [-0.4, -0.2) is 28.1 Å². The number of benzene rings is 2. The molecule has 25 heavy (non-hydrogen) atoms. The van der Waals surface area contributed by atoms with Crippen molar-refractivity contribution in [2.45, 2.75) is 32.7 Å². The van der Waals surface area contributed by atoms with Gasteiger partial charge in [0.15, 0.2) is 0 Å². The molecule has 0 spiro atoms. The third-order valence-corrected chi connectivity index (χ3v) is 5.10. The lowest BCUT2D eigenvalue weighted by atomic mass is 10.1. The number of aryl methyl sites for hydroxylation is 2. The zero-order valence-corrected chi connectivity index (χ0v) is 14.8. The monoisotopic (exact) mass is 333 g/mol. The second-order valence-electron chi connectivity index (χ2n) is 6.92. The highest BCUT2D eigenvalue weighted by atomic mass is 16.5. The first-order valence-electron chi connectivity index (χ1n) is 8.87. The van der Waals surface area contributed by atoms with Gasteiger partial charge in [0.1, 0.15) is 0 Å². The van der Waals surface area contributed by atoms with Gasteiger partial charge in [-0.05, 0) is 43.5 Å². The molecule has 1 unspecified atom stereocenters. The third kappa shape index (κ3) is 3.35. The van der Waals surface area contributed by atoms with Crippen LogP contribution in [0.4, 0.5) is 0 Å². The minimum absolute atomic E-state index is 0.328. The van der Waals surface area contributed by atoms with Crippen LogP contribution >= 0.6 is 0 Å². The van der Waals surface area contributed by atoms with E-state index in [9.17, 15) is 0 Å². The van der Waals surface area contributed by atoms with Crippen molar-refractivity contribution in [2.75, 3.05) is 13.1 Å². The molecule has 128 valence electrons. The van der Waals surface area contributed by atoms with Crippen molar-refractivity contribution >= 4 is 0 Å². The maximum Gasteiger partial charge on any atom is 0.231 e. The molecule has 0 N–H and O–H groups in total. The van der Waals surface area contributed by atoms with E-state index >= 15 is 0 Å². The Morgan fingerprint density at radius 2 is 1.80 bits per heavy atom. The molecule has 0 amide bonds. The van der Waals surface area contributed by atoms with Gasteiger partial charge in [-0.2, -0.15) is 4.98 Å². The lowest BCUT2D eigenvalue weighted by molar-refractivity contribution is 0.309. The summed E-state index contributed by atoms with van der Waals surface area (Å²) in [7, 11) is 0. The topological polar surface area (TPSA) is 42.2 Å². The Balaban J connectivity index is 1.46. The molecule has 0 bridgehead atoms. The summed E-state index contributed by atoms with van der Waals surface area (Å²) in [5.74, 6) is 1.80. The maximum absolute atomic E-state index is 5.59. The molecule has 1 aromatic heterocycles. The average molecular weight is 333 g/mol. The van der Waals surface area contributed by atoms with Crippen molar-refractivity contribution in [1.82, 2.24) is 15.0 Å². The fraction of sp³-hybridized carbons (Fsp3) is 0.333. The van der Waals surface area contributed by atoms with Crippen molar-refractivity contribution in [3.8, 4) is 11.4 Å². The first kappa shape index (κ1) is 16.0. The van der Waals surface area contributed by atoms with E-state index < -0.39 is 0 Å². The summed E-state index contributed by atoms with van der Waals surface area (Å²) < 4.78 is 5.59. The molecule has 1 aliphatic rings. The van der Waals surface area contributed by atoms with E-state index in [-0.39, 0.29) is 0 Å². The predicted octanol–water partition coefficient (Wildman–Crippen LogP) is 4.34. The van der Waals surface area contributed by atoms with Gasteiger partial charge in [-0.1, -0.05) is 53.7 Å². The Hall–Kier alpha value is -2.46. The van der Waals surface area contributed by atoms with Crippen molar-refractivity contribution < 1.29 is 4.52 Å². The molecule has 4 heteroatoms. The van der Waals surface area contributed by atoms with E-state index in [1.165, 1.54) is 16.7 Å². The number of nitrogens with zero attached hydrogens (tertiary/aromatic N) is 3. The highest BCUT2D eigenvalue weighted by Crippen LogP contribution is 2.29. The highest BCUT2D eigenvalue weighted by molar-refractivity contribution is 5.59. The number of rotatable bonds is 4. The molecule has 0 radical (unpaired) electrons. The summed E-state index contributed by atoms with van der Waals surface area (Å²) in [4.78, 5) is 7.15.